The van der Waals surface area contributed by atoms with Crippen LogP contribution in [0, 0.1) is 6.92 Å². The lowest BCUT2D eigenvalue weighted by atomic mass is 10.2. The molecule has 0 saturated carbocycles. The quantitative estimate of drug-likeness (QED) is 0.451. The highest BCUT2D eigenvalue weighted by atomic mass is 35.5. The number of amides is 1. The van der Waals surface area contributed by atoms with Gasteiger partial charge in [0, 0.05) is 10.6 Å². The first-order valence-electron chi connectivity index (χ1n) is 6.80. The summed E-state index contributed by atoms with van der Waals surface area (Å²) in [6.45, 7) is 1.59. The van der Waals surface area contributed by atoms with E-state index in [2.05, 4.69) is 35.8 Å². The van der Waals surface area contributed by atoms with Gasteiger partial charge >= 0.3 is 0 Å². The molecule has 0 aliphatic carbocycles. The highest BCUT2D eigenvalue weighted by molar-refractivity contribution is 6.30. The van der Waals surface area contributed by atoms with Crippen molar-refractivity contribution in [3.63, 3.8) is 0 Å². The van der Waals surface area contributed by atoms with Crippen LogP contribution in [0.4, 0.5) is 5.82 Å². The lowest BCUT2D eigenvalue weighted by molar-refractivity contribution is 0.0949. The third-order valence-electron chi connectivity index (χ3n) is 3.17. The maximum absolute atomic E-state index is 12.2. The fourth-order valence-corrected chi connectivity index (χ4v) is 2.10. The van der Waals surface area contributed by atoms with Crippen LogP contribution < -0.4 is 11.2 Å². The summed E-state index contributed by atoms with van der Waals surface area (Å²) >= 11 is 5.83. The molecule has 0 radical (unpaired) electrons. The minimum atomic E-state index is -0.614. The molecule has 0 aliphatic rings. The van der Waals surface area contributed by atoms with Crippen molar-refractivity contribution in [3.8, 4) is 11.6 Å². The van der Waals surface area contributed by atoms with Gasteiger partial charge in [-0.2, -0.15) is 9.78 Å². The first-order chi connectivity index (χ1) is 12.0. The molecule has 1 aromatic carbocycles. The Morgan fingerprint density at radius 1 is 1.48 bits per heavy atom. The highest BCUT2D eigenvalue weighted by Crippen LogP contribution is 2.19. The molecule has 0 saturated heterocycles. The average Bonchev–Trinajstić information content (AvgIpc) is 3.16. The van der Waals surface area contributed by atoms with Crippen LogP contribution in [0.15, 0.2) is 27.9 Å². The van der Waals surface area contributed by atoms with Crippen molar-refractivity contribution in [1.82, 2.24) is 30.7 Å². The van der Waals surface area contributed by atoms with E-state index in [-0.39, 0.29) is 23.1 Å². The van der Waals surface area contributed by atoms with Gasteiger partial charge in [0.1, 0.15) is 5.75 Å². The van der Waals surface area contributed by atoms with E-state index in [0.717, 1.165) is 0 Å². The Hall–Kier alpha value is -3.47. The van der Waals surface area contributed by atoms with Gasteiger partial charge in [0.05, 0.1) is 11.9 Å². The first-order valence-corrected chi connectivity index (χ1v) is 7.18. The van der Waals surface area contributed by atoms with E-state index in [1.165, 1.54) is 29.1 Å². The van der Waals surface area contributed by atoms with Crippen molar-refractivity contribution in [2.75, 3.05) is 5.73 Å². The number of carbonyl (C=O) groups excluding carboxylic acids is 1. The van der Waals surface area contributed by atoms with Crippen LogP contribution >= 0.6 is 11.6 Å². The average molecular weight is 363 g/mol. The van der Waals surface area contributed by atoms with Gasteiger partial charge in [-0.25, -0.2) is 10.1 Å². The van der Waals surface area contributed by atoms with E-state index in [0.29, 0.717) is 16.3 Å². The van der Waals surface area contributed by atoms with Gasteiger partial charge < -0.3 is 10.8 Å². The van der Waals surface area contributed by atoms with E-state index in [9.17, 15) is 9.90 Å². The normalized spacial score (nSPS) is 11.1. The third-order valence-corrected chi connectivity index (χ3v) is 3.40. The highest BCUT2D eigenvalue weighted by Gasteiger charge is 2.20. The molecule has 2 aromatic heterocycles. The van der Waals surface area contributed by atoms with Crippen LogP contribution in [0.1, 0.15) is 21.7 Å². The number of phenols is 1. The Balaban J connectivity index is 1.76. The van der Waals surface area contributed by atoms with E-state index >= 15 is 0 Å². The van der Waals surface area contributed by atoms with Gasteiger partial charge in [0.2, 0.25) is 11.6 Å². The number of halogens is 1. The van der Waals surface area contributed by atoms with Crippen molar-refractivity contribution >= 4 is 29.5 Å². The van der Waals surface area contributed by atoms with Crippen LogP contribution in [0.5, 0.6) is 5.75 Å². The number of aromatic hydroxyl groups is 1. The smallest absolute Gasteiger partial charge is 0.293 e. The van der Waals surface area contributed by atoms with E-state index < -0.39 is 5.91 Å². The van der Waals surface area contributed by atoms with Gasteiger partial charge in [0.15, 0.2) is 5.69 Å². The summed E-state index contributed by atoms with van der Waals surface area (Å²) in [6, 6.07) is 4.44. The lowest BCUT2D eigenvalue weighted by Crippen LogP contribution is -2.19. The summed E-state index contributed by atoms with van der Waals surface area (Å²) in [5.41, 5.74) is 8.57. The maximum atomic E-state index is 12.2. The first kappa shape index (κ1) is 16.4. The van der Waals surface area contributed by atoms with Crippen molar-refractivity contribution in [3.05, 3.63) is 40.2 Å². The zero-order valence-corrected chi connectivity index (χ0v) is 13.5. The minimum absolute atomic E-state index is 0.00871. The summed E-state index contributed by atoms with van der Waals surface area (Å²) in [7, 11) is 0. The van der Waals surface area contributed by atoms with Gasteiger partial charge in [-0.3, -0.25) is 4.79 Å². The van der Waals surface area contributed by atoms with Gasteiger partial charge in [-0.05, 0) is 35.4 Å². The summed E-state index contributed by atoms with van der Waals surface area (Å²) < 4.78 is 5.70. The van der Waals surface area contributed by atoms with Crippen molar-refractivity contribution < 1.29 is 14.5 Å². The molecule has 25 heavy (non-hydrogen) atoms. The molecule has 1 amide bonds. The number of hydrogen-bond donors (Lipinski definition) is 3. The molecule has 2 heterocycles. The Bertz CT molecular complexity index is 964. The number of nitrogen functional groups attached to an aromatic ring is 1. The van der Waals surface area contributed by atoms with Crippen LogP contribution in [0.25, 0.3) is 5.82 Å². The molecule has 0 unspecified atom stereocenters. The number of hydrogen-bond acceptors (Lipinski definition) is 9. The number of anilines is 1. The van der Waals surface area contributed by atoms with E-state index in [4.69, 9.17) is 17.3 Å². The van der Waals surface area contributed by atoms with E-state index in [1.807, 2.05) is 0 Å². The van der Waals surface area contributed by atoms with Crippen LogP contribution in [-0.4, -0.2) is 42.5 Å². The summed E-state index contributed by atoms with van der Waals surface area (Å²) in [4.78, 5) is 12.2. The molecule has 0 bridgehead atoms. The van der Waals surface area contributed by atoms with Crippen LogP contribution in [-0.2, 0) is 0 Å². The molecular weight excluding hydrogens is 352 g/mol. The number of nitrogens with zero attached hydrogens (tertiary/aromatic N) is 6. The second-order valence-electron chi connectivity index (χ2n) is 4.81. The lowest BCUT2D eigenvalue weighted by Gasteiger charge is -2.00. The zero-order valence-electron chi connectivity index (χ0n) is 12.7. The molecule has 0 atom stereocenters. The Labute approximate surface area is 145 Å². The molecule has 0 aliphatic heterocycles. The molecule has 4 N–H and O–H groups in total. The molecule has 3 aromatic rings. The van der Waals surface area contributed by atoms with Gasteiger partial charge in [-0.15, -0.1) is 5.10 Å². The number of nitrogens with two attached hydrogens (primary N) is 1. The monoisotopic (exact) mass is 362 g/mol. The topological polar surface area (TPSA) is 157 Å². The van der Waals surface area contributed by atoms with Gasteiger partial charge in [0.25, 0.3) is 5.91 Å². The predicted octanol–water partition coefficient (Wildman–Crippen LogP) is 0.664. The summed E-state index contributed by atoms with van der Waals surface area (Å²) in [5.74, 6) is -0.513. The van der Waals surface area contributed by atoms with Gasteiger partial charge in [-0.1, -0.05) is 16.8 Å². The molecular formula is C13H11ClN8O3. The largest absolute Gasteiger partial charge is 0.507 e. The number of hydrazone groups is 1. The summed E-state index contributed by atoms with van der Waals surface area (Å²) in [5, 5.41) is 28.4. The fourth-order valence-electron chi connectivity index (χ4n) is 1.92. The Kier molecular flexibility index (Phi) is 4.31. The fraction of sp³-hybridized carbons (Fsp3) is 0.0769. The number of nitrogens with one attached hydrogen (secondary N) is 1. The standard InChI is InChI=1S/C13H11ClN8O3/c1-6-10(17-21-22(6)12-11(15)19-25-20-12)13(24)18-16-5-7-4-8(14)2-3-9(7)23/h2-5,23H,1H3,(H2,15,19)(H,18,24)/b16-5-. The van der Waals surface area contributed by atoms with Crippen LogP contribution in [0.2, 0.25) is 5.02 Å². The van der Waals surface area contributed by atoms with Crippen molar-refractivity contribution in [1.29, 1.82) is 0 Å². The second kappa shape index (κ2) is 6.57. The van der Waals surface area contributed by atoms with Crippen molar-refractivity contribution in [2.24, 2.45) is 5.10 Å². The Morgan fingerprint density at radius 2 is 2.28 bits per heavy atom. The number of rotatable bonds is 4. The molecule has 128 valence electrons. The zero-order chi connectivity index (χ0) is 18.0. The number of carbonyl (C=O) groups is 1. The summed E-state index contributed by atoms with van der Waals surface area (Å²) in [6.07, 6.45) is 1.25. The van der Waals surface area contributed by atoms with Crippen LogP contribution in [0.3, 0.4) is 0 Å². The second-order valence-corrected chi connectivity index (χ2v) is 5.25. The maximum Gasteiger partial charge on any atom is 0.293 e. The minimum Gasteiger partial charge on any atom is -0.507 e. The Morgan fingerprint density at radius 3 is 3.00 bits per heavy atom. The SMILES string of the molecule is Cc1c(C(=O)N/N=C\c2cc(Cl)ccc2O)nnn1-c1nonc1N. The third kappa shape index (κ3) is 3.26. The number of phenolic OH excluding ortho intramolecular Hbond substituents is 1. The molecule has 0 spiro atoms. The molecule has 0 fully saturated rings. The predicted molar refractivity (Wildman–Crippen MR) is 86.5 cm³/mol. The van der Waals surface area contributed by atoms with E-state index in [1.54, 1.807) is 6.92 Å². The van der Waals surface area contributed by atoms with Crippen molar-refractivity contribution in [2.45, 2.75) is 6.92 Å². The molecule has 12 heteroatoms. The molecule has 11 nitrogen and oxygen atoms in total. The molecule has 3 rings (SSSR count). The number of aromatic nitrogens is 5. The number of benzene rings is 1.